The third kappa shape index (κ3) is 3.30. The van der Waals surface area contributed by atoms with Crippen molar-refractivity contribution in [1.82, 2.24) is 10.5 Å². The lowest BCUT2D eigenvalue weighted by molar-refractivity contribution is -0.119. The zero-order chi connectivity index (χ0) is 12.5. The predicted molar refractivity (Wildman–Crippen MR) is 64.7 cm³/mol. The zero-order valence-corrected chi connectivity index (χ0v) is 10.5. The SMILES string of the molecule is CC(C)(C)Cc1cc(NC(=O)[C@@H]2CCN2)on1. The zero-order valence-electron chi connectivity index (χ0n) is 10.5. The van der Waals surface area contributed by atoms with Crippen LogP contribution in [0.5, 0.6) is 0 Å². The highest BCUT2D eigenvalue weighted by molar-refractivity contribution is 5.94. The molecule has 1 aromatic rings. The van der Waals surface area contributed by atoms with Gasteiger partial charge >= 0.3 is 0 Å². The van der Waals surface area contributed by atoms with E-state index in [1.807, 2.05) is 0 Å². The van der Waals surface area contributed by atoms with Crippen LogP contribution in [-0.2, 0) is 11.2 Å². The molecule has 0 aromatic carbocycles. The maximum absolute atomic E-state index is 11.6. The van der Waals surface area contributed by atoms with E-state index in [0.29, 0.717) is 5.88 Å². The van der Waals surface area contributed by atoms with Crippen molar-refractivity contribution in [1.29, 1.82) is 0 Å². The first kappa shape index (κ1) is 12.1. The second kappa shape index (κ2) is 4.49. The molecule has 1 saturated heterocycles. The first-order chi connectivity index (χ1) is 7.94. The molecule has 5 nitrogen and oxygen atoms in total. The Hall–Kier alpha value is -1.36. The van der Waals surface area contributed by atoms with Gasteiger partial charge in [0.1, 0.15) is 0 Å². The third-order valence-electron chi connectivity index (χ3n) is 2.66. The molecule has 1 amide bonds. The molecule has 17 heavy (non-hydrogen) atoms. The fraction of sp³-hybridized carbons (Fsp3) is 0.667. The van der Waals surface area contributed by atoms with Crippen molar-refractivity contribution >= 4 is 11.8 Å². The largest absolute Gasteiger partial charge is 0.338 e. The summed E-state index contributed by atoms with van der Waals surface area (Å²) in [4.78, 5) is 11.6. The Balaban J connectivity index is 1.91. The van der Waals surface area contributed by atoms with Crippen LogP contribution in [0.15, 0.2) is 10.6 Å². The number of anilines is 1. The van der Waals surface area contributed by atoms with E-state index in [2.05, 4.69) is 36.6 Å². The van der Waals surface area contributed by atoms with Gasteiger partial charge in [0.15, 0.2) is 0 Å². The van der Waals surface area contributed by atoms with E-state index in [9.17, 15) is 4.79 Å². The molecule has 2 heterocycles. The lowest BCUT2D eigenvalue weighted by Gasteiger charge is -2.25. The van der Waals surface area contributed by atoms with Gasteiger partial charge in [0.25, 0.3) is 0 Å². The number of aromatic nitrogens is 1. The highest BCUT2D eigenvalue weighted by atomic mass is 16.5. The van der Waals surface area contributed by atoms with E-state index in [0.717, 1.165) is 25.1 Å². The molecule has 0 aliphatic carbocycles. The molecule has 0 spiro atoms. The molecule has 1 fully saturated rings. The van der Waals surface area contributed by atoms with Crippen LogP contribution < -0.4 is 10.6 Å². The minimum Gasteiger partial charge on any atom is -0.338 e. The number of hydrogen-bond acceptors (Lipinski definition) is 4. The summed E-state index contributed by atoms with van der Waals surface area (Å²) >= 11 is 0. The Morgan fingerprint density at radius 1 is 1.65 bits per heavy atom. The van der Waals surface area contributed by atoms with E-state index >= 15 is 0 Å². The van der Waals surface area contributed by atoms with Gasteiger partial charge in [0.2, 0.25) is 11.8 Å². The minimum absolute atomic E-state index is 0.0466. The second-order valence-corrected chi connectivity index (χ2v) is 5.70. The summed E-state index contributed by atoms with van der Waals surface area (Å²) in [6.45, 7) is 7.32. The van der Waals surface area contributed by atoms with Crippen LogP contribution in [0.4, 0.5) is 5.88 Å². The van der Waals surface area contributed by atoms with Crippen molar-refractivity contribution in [2.45, 2.75) is 39.7 Å². The number of carbonyl (C=O) groups excluding carboxylic acids is 1. The summed E-state index contributed by atoms with van der Waals surface area (Å²) in [5, 5.41) is 9.70. The van der Waals surface area contributed by atoms with Gasteiger partial charge in [0, 0.05) is 6.07 Å². The monoisotopic (exact) mass is 237 g/mol. The van der Waals surface area contributed by atoms with Crippen molar-refractivity contribution in [3.63, 3.8) is 0 Å². The van der Waals surface area contributed by atoms with Gasteiger partial charge in [-0.3, -0.25) is 10.1 Å². The highest BCUT2D eigenvalue weighted by Gasteiger charge is 2.25. The lowest BCUT2D eigenvalue weighted by atomic mass is 9.91. The van der Waals surface area contributed by atoms with Crippen LogP contribution >= 0.6 is 0 Å². The lowest BCUT2D eigenvalue weighted by Crippen LogP contribution is -2.50. The molecule has 1 aromatic heterocycles. The average molecular weight is 237 g/mol. The van der Waals surface area contributed by atoms with Crippen molar-refractivity contribution in [2.75, 3.05) is 11.9 Å². The van der Waals surface area contributed by atoms with Gasteiger partial charge in [-0.15, -0.1) is 0 Å². The second-order valence-electron chi connectivity index (χ2n) is 5.70. The van der Waals surface area contributed by atoms with Gasteiger partial charge < -0.3 is 9.84 Å². The molecule has 1 atom stereocenters. The number of carbonyl (C=O) groups is 1. The van der Waals surface area contributed by atoms with E-state index < -0.39 is 0 Å². The summed E-state index contributed by atoms with van der Waals surface area (Å²) in [6.07, 6.45) is 1.71. The standard InChI is InChI=1S/C12H19N3O2/c1-12(2,3)7-8-6-10(17-15-8)14-11(16)9-4-5-13-9/h6,9,13H,4-5,7H2,1-3H3,(H,14,16)/t9-/m0/s1. The molecule has 2 rings (SSSR count). The summed E-state index contributed by atoms with van der Waals surface area (Å²) in [7, 11) is 0. The van der Waals surface area contributed by atoms with Gasteiger partial charge in [-0.25, -0.2) is 0 Å². The number of rotatable bonds is 3. The van der Waals surface area contributed by atoms with Gasteiger partial charge in [0.05, 0.1) is 11.7 Å². The van der Waals surface area contributed by atoms with E-state index in [1.165, 1.54) is 0 Å². The summed E-state index contributed by atoms with van der Waals surface area (Å²) in [6, 6.07) is 1.72. The maximum Gasteiger partial charge on any atom is 0.243 e. The first-order valence-electron chi connectivity index (χ1n) is 5.94. The van der Waals surface area contributed by atoms with E-state index in [4.69, 9.17) is 4.52 Å². The molecule has 1 aliphatic heterocycles. The quantitative estimate of drug-likeness (QED) is 0.837. The molecule has 5 heteroatoms. The maximum atomic E-state index is 11.6. The van der Waals surface area contributed by atoms with Crippen molar-refractivity contribution in [3.05, 3.63) is 11.8 Å². The minimum atomic E-state index is -0.0776. The van der Waals surface area contributed by atoms with Gasteiger partial charge in [-0.05, 0) is 24.8 Å². The summed E-state index contributed by atoms with van der Waals surface area (Å²) in [5.41, 5.74) is 1.03. The molecule has 0 unspecified atom stereocenters. The van der Waals surface area contributed by atoms with Gasteiger partial charge in [-0.2, -0.15) is 0 Å². The smallest absolute Gasteiger partial charge is 0.243 e. The van der Waals surface area contributed by atoms with E-state index in [-0.39, 0.29) is 17.4 Å². The number of nitrogens with one attached hydrogen (secondary N) is 2. The van der Waals surface area contributed by atoms with Crippen molar-refractivity contribution in [2.24, 2.45) is 5.41 Å². The van der Waals surface area contributed by atoms with Gasteiger partial charge in [-0.1, -0.05) is 25.9 Å². The van der Waals surface area contributed by atoms with E-state index in [1.54, 1.807) is 6.07 Å². The molecule has 0 bridgehead atoms. The molecule has 94 valence electrons. The molecular weight excluding hydrogens is 218 g/mol. The Morgan fingerprint density at radius 2 is 2.35 bits per heavy atom. The molecule has 2 N–H and O–H groups in total. The Kier molecular flexibility index (Phi) is 3.19. The Labute approximate surface area is 101 Å². The van der Waals surface area contributed by atoms with Crippen molar-refractivity contribution in [3.8, 4) is 0 Å². The molecule has 0 saturated carbocycles. The normalized spacial score (nSPS) is 19.8. The Morgan fingerprint density at radius 3 is 2.88 bits per heavy atom. The van der Waals surface area contributed by atoms with Crippen LogP contribution in [0.2, 0.25) is 0 Å². The van der Waals surface area contributed by atoms with Crippen LogP contribution in [0.3, 0.4) is 0 Å². The van der Waals surface area contributed by atoms with Crippen LogP contribution in [-0.4, -0.2) is 23.7 Å². The van der Waals surface area contributed by atoms with Crippen LogP contribution in [0, 0.1) is 5.41 Å². The molecule has 0 radical (unpaired) electrons. The number of hydrogen-bond donors (Lipinski definition) is 2. The fourth-order valence-electron chi connectivity index (χ4n) is 1.72. The summed E-state index contributed by atoms with van der Waals surface area (Å²) < 4.78 is 5.09. The van der Waals surface area contributed by atoms with Crippen LogP contribution in [0.25, 0.3) is 0 Å². The first-order valence-corrected chi connectivity index (χ1v) is 5.94. The number of amides is 1. The average Bonchev–Trinajstić information content (AvgIpc) is 2.45. The topological polar surface area (TPSA) is 67.2 Å². The highest BCUT2D eigenvalue weighted by Crippen LogP contribution is 2.21. The fourth-order valence-corrected chi connectivity index (χ4v) is 1.72. The predicted octanol–water partition coefficient (Wildman–Crippen LogP) is 1.56. The third-order valence-corrected chi connectivity index (χ3v) is 2.66. The summed E-state index contributed by atoms with van der Waals surface area (Å²) in [5.74, 6) is 0.387. The molecule has 1 aliphatic rings. The molecular formula is C12H19N3O2. The Bertz CT molecular complexity index is 402. The van der Waals surface area contributed by atoms with Crippen molar-refractivity contribution < 1.29 is 9.32 Å². The van der Waals surface area contributed by atoms with Crippen LogP contribution in [0.1, 0.15) is 32.9 Å². The number of nitrogens with zero attached hydrogens (tertiary/aromatic N) is 1.